The number of alkyl carbamates (subject to hydrolysis) is 1. The highest BCUT2D eigenvalue weighted by molar-refractivity contribution is 7.82. The first-order valence-corrected chi connectivity index (χ1v) is 12.0. The summed E-state index contributed by atoms with van der Waals surface area (Å²) >= 11 is 0. The second-order valence-electron chi connectivity index (χ2n) is 10.9. The summed E-state index contributed by atoms with van der Waals surface area (Å²) in [5.41, 5.74) is -1.19. The monoisotopic (exact) mass is 487 g/mol. The van der Waals surface area contributed by atoms with Crippen LogP contribution in [0.5, 0.6) is 5.75 Å². The molecule has 188 valence electrons. The van der Waals surface area contributed by atoms with Gasteiger partial charge in [-0.15, -0.1) is 0 Å². The molecule has 0 radical (unpaired) electrons. The van der Waals surface area contributed by atoms with Crippen LogP contribution < -0.4 is 9.50 Å². The largest absolute Gasteiger partial charge is 0.458 e. The first-order valence-electron chi connectivity index (χ1n) is 10.6. The number of hydrogen-bond donors (Lipinski definition) is 1. The number of rotatable bonds is 8. The second-order valence-corrected chi connectivity index (χ2v) is 12.1. The maximum Gasteiger partial charge on any atom is 0.449 e. The maximum absolute atomic E-state index is 12.7. The van der Waals surface area contributed by atoms with Gasteiger partial charge in [-0.1, -0.05) is 32.9 Å². The van der Waals surface area contributed by atoms with Crippen molar-refractivity contribution >= 4 is 22.5 Å². The maximum atomic E-state index is 12.7. The summed E-state index contributed by atoms with van der Waals surface area (Å²) in [6.45, 7) is 15.8. The second kappa shape index (κ2) is 10.7. The molecular formula is C23H37NO8S. The molecule has 0 saturated heterocycles. The third-order valence-corrected chi connectivity index (χ3v) is 4.38. The van der Waals surface area contributed by atoms with E-state index in [1.165, 1.54) is 12.1 Å². The van der Waals surface area contributed by atoms with Crippen LogP contribution in [-0.2, 0) is 35.3 Å². The van der Waals surface area contributed by atoms with Crippen LogP contribution in [0.25, 0.3) is 0 Å². The topological polar surface area (TPSA) is 117 Å². The number of hydrogen-bond acceptors (Lipinski definition) is 8. The van der Waals surface area contributed by atoms with Crippen molar-refractivity contribution in [2.24, 2.45) is 5.41 Å². The van der Waals surface area contributed by atoms with Gasteiger partial charge in [-0.3, -0.25) is 0 Å². The standard InChI is InChI=1S/C23H37NO8S/c1-21(2,3)15-29-33(27,28)32-17-12-10-16(11-13-17)14-18(19(25)30-22(4,5)6)24-20(26)31-23(7,8)9/h10-13,18H,14-15H2,1-9H3,(H,24,26). The summed E-state index contributed by atoms with van der Waals surface area (Å²) in [7, 11) is -4.22. The van der Waals surface area contributed by atoms with E-state index in [-0.39, 0.29) is 24.2 Å². The van der Waals surface area contributed by atoms with Crippen LogP contribution in [0.2, 0.25) is 0 Å². The molecule has 0 fully saturated rings. The molecular weight excluding hydrogens is 450 g/mol. The van der Waals surface area contributed by atoms with E-state index in [2.05, 4.69) is 5.32 Å². The molecule has 0 spiro atoms. The van der Waals surface area contributed by atoms with Crippen molar-refractivity contribution in [3.8, 4) is 5.75 Å². The number of esters is 1. The third kappa shape index (κ3) is 13.1. The molecule has 1 atom stereocenters. The van der Waals surface area contributed by atoms with Crippen molar-refractivity contribution in [3.05, 3.63) is 29.8 Å². The van der Waals surface area contributed by atoms with Gasteiger partial charge in [0.2, 0.25) is 0 Å². The summed E-state index contributed by atoms with van der Waals surface area (Å²) in [5.74, 6) is -0.562. The zero-order chi connectivity index (χ0) is 25.7. The lowest BCUT2D eigenvalue weighted by Gasteiger charge is -2.26. The predicted molar refractivity (Wildman–Crippen MR) is 124 cm³/mol. The zero-order valence-corrected chi connectivity index (χ0v) is 21.8. The predicted octanol–water partition coefficient (Wildman–Crippen LogP) is 4.15. The molecule has 10 heteroatoms. The summed E-state index contributed by atoms with van der Waals surface area (Å²) in [5, 5.41) is 2.55. The number of amides is 1. The Hall–Kier alpha value is -2.33. The highest BCUT2D eigenvalue weighted by Gasteiger charge is 2.29. The van der Waals surface area contributed by atoms with Crippen LogP contribution in [0, 0.1) is 5.41 Å². The molecule has 0 aromatic heterocycles. The first kappa shape index (κ1) is 28.7. The Morgan fingerprint density at radius 3 is 1.85 bits per heavy atom. The molecule has 0 heterocycles. The number of benzene rings is 1. The Kier molecular flexibility index (Phi) is 9.33. The van der Waals surface area contributed by atoms with E-state index in [1.54, 1.807) is 53.7 Å². The molecule has 1 N–H and O–H groups in total. The number of ether oxygens (including phenoxy) is 2. The van der Waals surface area contributed by atoms with Crippen LogP contribution >= 0.6 is 0 Å². The third-order valence-electron chi connectivity index (χ3n) is 3.58. The highest BCUT2D eigenvalue weighted by atomic mass is 32.3. The molecule has 1 aromatic carbocycles. The Balaban J connectivity index is 2.92. The van der Waals surface area contributed by atoms with Crippen molar-refractivity contribution in [2.75, 3.05) is 6.61 Å². The molecule has 0 aliphatic rings. The van der Waals surface area contributed by atoms with Gasteiger partial charge in [0, 0.05) is 6.42 Å². The van der Waals surface area contributed by atoms with Crippen molar-refractivity contribution in [1.29, 1.82) is 0 Å². The fourth-order valence-corrected chi connectivity index (χ4v) is 3.22. The van der Waals surface area contributed by atoms with Gasteiger partial charge >= 0.3 is 22.5 Å². The smallest absolute Gasteiger partial charge is 0.449 e. The van der Waals surface area contributed by atoms with Gasteiger partial charge in [0.1, 0.15) is 23.0 Å². The minimum atomic E-state index is -4.22. The number of nitrogens with one attached hydrogen (secondary N) is 1. The average molecular weight is 488 g/mol. The van der Waals surface area contributed by atoms with Crippen LogP contribution in [0.15, 0.2) is 24.3 Å². The molecule has 0 saturated carbocycles. The van der Waals surface area contributed by atoms with Crippen molar-refractivity contribution in [2.45, 2.75) is 86.0 Å². The van der Waals surface area contributed by atoms with Crippen molar-refractivity contribution in [3.63, 3.8) is 0 Å². The average Bonchev–Trinajstić information content (AvgIpc) is 2.57. The minimum absolute atomic E-state index is 0.0265. The molecule has 1 unspecified atom stereocenters. The van der Waals surface area contributed by atoms with Crippen LogP contribution in [0.4, 0.5) is 4.79 Å². The molecule has 0 aliphatic heterocycles. The number of carbonyl (C=O) groups is 2. The molecule has 1 amide bonds. The summed E-state index contributed by atoms with van der Waals surface area (Å²) in [6, 6.07) is 5.04. The molecule has 33 heavy (non-hydrogen) atoms. The van der Waals surface area contributed by atoms with E-state index in [4.69, 9.17) is 17.8 Å². The van der Waals surface area contributed by atoms with Crippen molar-refractivity contribution in [1.82, 2.24) is 5.32 Å². The van der Waals surface area contributed by atoms with E-state index in [9.17, 15) is 18.0 Å². The minimum Gasteiger partial charge on any atom is -0.458 e. The fraction of sp³-hybridized carbons (Fsp3) is 0.652. The SMILES string of the molecule is CC(C)(C)COS(=O)(=O)Oc1ccc(CC(NC(=O)OC(C)(C)C)C(=O)OC(C)(C)C)cc1. The fourth-order valence-electron chi connectivity index (χ4n) is 2.32. The molecule has 1 aromatic rings. The lowest BCUT2D eigenvalue weighted by molar-refractivity contribution is -0.157. The van der Waals surface area contributed by atoms with E-state index >= 15 is 0 Å². The van der Waals surface area contributed by atoms with Gasteiger partial charge in [-0.25, -0.2) is 13.8 Å². The highest BCUT2D eigenvalue weighted by Crippen LogP contribution is 2.20. The molecule has 1 rings (SSSR count). The van der Waals surface area contributed by atoms with Crippen LogP contribution in [0.1, 0.15) is 67.9 Å². The molecule has 0 bridgehead atoms. The summed E-state index contributed by atoms with van der Waals surface area (Å²) in [6.07, 6.45) is -0.651. The van der Waals surface area contributed by atoms with Crippen molar-refractivity contribution < 1.29 is 35.8 Å². The lowest BCUT2D eigenvalue weighted by atomic mass is 9.99. The number of carbonyl (C=O) groups excluding carboxylic acids is 2. The van der Waals surface area contributed by atoms with Gasteiger partial charge in [0.15, 0.2) is 0 Å². The molecule has 0 aliphatic carbocycles. The van der Waals surface area contributed by atoms with Gasteiger partial charge in [-0.05, 0) is 64.7 Å². The van der Waals surface area contributed by atoms with E-state index in [0.717, 1.165) is 0 Å². The zero-order valence-electron chi connectivity index (χ0n) is 21.0. The molecule has 9 nitrogen and oxygen atoms in total. The van der Waals surface area contributed by atoms with E-state index < -0.39 is 39.7 Å². The van der Waals surface area contributed by atoms with Gasteiger partial charge in [0.05, 0.1) is 6.61 Å². The Morgan fingerprint density at radius 1 is 0.879 bits per heavy atom. The van der Waals surface area contributed by atoms with E-state index in [1.807, 2.05) is 20.8 Å². The lowest BCUT2D eigenvalue weighted by Crippen LogP contribution is -2.47. The van der Waals surface area contributed by atoms with Gasteiger partial charge < -0.3 is 19.0 Å². The Morgan fingerprint density at radius 2 is 1.39 bits per heavy atom. The van der Waals surface area contributed by atoms with E-state index in [0.29, 0.717) is 5.56 Å². The first-order chi connectivity index (χ1) is 14.7. The summed E-state index contributed by atoms with van der Waals surface area (Å²) < 4.78 is 44.5. The quantitative estimate of drug-likeness (QED) is 0.544. The van der Waals surface area contributed by atoms with Crippen LogP contribution in [-0.4, -0.2) is 44.3 Å². The van der Waals surface area contributed by atoms with Gasteiger partial charge in [0.25, 0.3) is 0 Å². The summed E-state index contributed by atoms with van der Waals surface area (Å²) in [4.78, 5) is 24.9. The van der Waals surface area contributed by atoms with Gasteiger partial charge in [-0.2, -0.15) is 8.42 Å². The Labute approximate surface area is 197 Å². The Bertz CT molecular complexity index is 904. The normalized spacial score (nSPS) is 13.7. The van der Waals surface area contributed by atoms with Crippen LogP contribution in [0.3, 0.4) is 0 Å².